The van der Waals surface area contributed by atoms with Gasteiger partial charge in [0.15, 0.2) is 0 Å². The van der Waals surface area contributed by atoms with Crippen LogP contribution in [0.5, 0.6) is 0 Å². The fourth-order valence-corrected chi connectivity index (χ4v) is 1.80. The third-order valence-electron chi connectivity index (χ3n) is 2.60. The van der Waals surface area contributed by atoms with Crippen LogP contribution in [0.1, 0.15) is 22.8 Å². The normalized spacial score (nSPS) is 10.8. The van der Waals surface area contributed by atoms with Crippen molar-refractivity contribution < 1.29 is 9.90 Å². The van der Waals surface area contributed by atoms with Crippen LogP contribution in [0.25, 0.3) is 10.9 Å². The summed E-state index contributed by atoms with van der Waals surface area (Å²) in [5.41, 5.74) is 2.11. The van der Waals surface area contributed by atoms with Crippen LogP contribution in [-0.4, -0.2) is 22.6 Å². The molecule has 2 aromatic rings. The van der Waals surface area contributed by atoms with Crippen molar-refractivity contribution in [3.05, 3.63) is 35.5 Å². The van der Waals surface area contributed by atoms with Crippen molar-refractivity contribution in [3.63, 3.8) is 0 Å². The summed E-state index contributed by atoms with van der Waals surface area (Å²) in [6.07, 6.45) is 1.86. The first kappa shape index (κ1) is 10.7. The highest BCUT2D eigenvalue weighted by Gasteiger charge is 2.11. The van der Waals surface area contributed by atoms with Gasteiger partial charge in [-0.2, -0.15) is 0 Å². The predicted molar refractivity (Wildman–Crippen MR) is 62.6 cm³/mol. The Morgan fingerprint density at radius 1 is 1.50 bits per heavy atom. The minimum absolute atomic E-state index is 0.320. The van der Waals surface area contributed by atoms with Gasteiger partial charge in [0.2, 0.25) is 0 Å². The van der Waals surface area contributed by atoms with E-state index < -0.39 is 5.97 Å². The standard InChI is InChI=1S/C12H14N2O2/c1-2-13-6-8-7-14-11-9(8)4-3-5-10(11)12(15)16/h3-5,7,13-14H,2,6H2,1H3,(H,15,16). The number of aromatic amines is 1. The molecule has 16 heavy (non-hydrogen) atoms. The Hall–Kier alpha value is -1.81. The van der Waals surface area contributed by atoms with Crippen LogP contribution in [0.3, 0.4) is 0 Å². The van der Waals surface area contributed by atoms with Crippen molar-refractivity contribution >= 4 is 16.9 Å². The van der Waals surface area contributed by atoms with Crippen molar-refractivity contribution in [2.75, 3.05) is 6.54 Å². The Balaban J connectivity index is 2.48. The second-order valence-corrected chi connectivity index (χ2v) is 3.63. The monoisotopic (exact) mass is 218 g/mol. The fourth-order valence-electron chi connectivity index (χ4n) is 1.80. The molecule has 0 aliphatic rings. The van der Waals surface area contributed by atoms with E-state index in [0.29, 0.717) is 11.1 Å². The van der Waals surface area contributed by atoms with Gasteiger partial charge >= 0.3 is 5.97 Å². The third-order valence-corrected chi connectivity index (χ3v) is 2.60. The SMILES string of the molecule is CCNCc1c[nH]c2c(C(=O)O)cccc12. The minimum atomic E-state index is -0.901. The summed E-state index contributed by atoms with van der Waals surface area (Å²) < 4.78 is 0. The lowest BCUT2D eigenvalue weighted by Crippen LogP contribution is -2.11. The second-order valence-electron chi connectivity index (χ2n) is 3.63. The van der Waals surface area contributed by atoms with E-state index in [-0.39, 0.29) is 0 Å². The van der Waals surface area contributed by atoms with Crippen molar-refractivity contribution in [2.45, 2.75) is 13.5 Å². The van der Waals surface area contributed by atoms with Crippen molar-refractivity contribution in [1.29, 1.82) is 0 Å². The molecule has 4 nitrogen and oxygen atoms in total. The quantitative estimate of drug-likeness (QED) is 0.735. The maximum Gasteiger partial charge on any atom is 0.337 e. The van der Waals surface area contributed by atoms with Gasteiger partial charge in [0, 0.05) is 18.1 Å². The Morgan fingerprint density at radius 3 is 3.00 bits per heavy atom. The van der Waals surface area contributed by atoms with E-state index in [1.807, 2.05) is 19.2 Å². The smallest absolute Gasteiger partial charge is 0.337 e. The molecule has 84 valence electrons. The molecule has 0 aliphatic carbocycles. The van der Waals surface area contributed by atoms with Gasteiger partial charge < -0.3 is 15.4 Å². The molecule has 0 spiro atoms. The number of hydrogen-bond acceptors (Lipinski definition) is 2. The van der Waals surface area contributed by atoms with Gasteiger partial charge in [0.25, 0.3) is 0 Å². The van der Waals surface area contributed by atoms with E-state index in [9.17, 15) is 4.79 Å². The average Bonchev–Trinajstić information content (AvgIpc) is 2.69. The molecule has 0 aliphatic heterocycles. The van der Waals surface area contributed by atoms with E-state index in [2.05, 4.69) is 10.3 Å². The molecular formula is C12H14N2O2. The summed E-state index contributed by atoms with van der Waals surface area (Å²) in [5, 5.41) is 13.2. The molecule has 1 heterocycles. The molecule has 0 amide bonds. The molecule has 2 rings (SSSR count). The van der Waals surface area contributed by atoms with Crippen molar-refractivity contribution in [1.82, 2.24) is 10.3 Å². The molecular weight excluding hydrogens is 204 g/mol. The number of carbonyl (C=O) groups is 1. The van der Waals surface area contributed by atoms with Crippen LogP contribution in [0.4, 0.5) is 0 Å². The highest BCUT2D eigenvalue weighted by atomic mass is 16.4. The van der Waals surface area contributed by atoms with Gasteiger partial charge in [-0.1, -0.05) is 19.1 Å². The van der Waals surface area contributed by atoms with E-state index >= 15 is 0 Å². The first-order chi connectivity index (χ1) is 7.74. The molecule has 0 saturated carbocycles. The maximum absolute atomic E-state index is 11.0. The highest BCUT2D eigenvalue weighted by Crippen LogP contribution is 2.21. The summed E-state index contributed by atoms with van der Waals surface area (Å²) in [7, 11) is 0. The number of fused-ring (bicyclic) bond motifs is 1. The van der Waals surface area contributed by atoms with E-state index in [0.717, 1.165) is 24.0 Å². The van der Waals surface area contributed by atoms with Crippen molar-refractivity contribution in [3.8, 4) is 0 Å². The van der Waals surface area contributed by atoms with Gasteiger partial charge in [0.1, 0.15) is 0 Å². The van der Waals surface area contributed by atoms with Gasteiger partial charge in [-0.25, -0.2) is 4.79 Å². The number of aromatic nitrogens is 1. The summed E-state index contributed by atoms with van der Waals surface area (Å²) in [4.78, 5) is 14.0. The lowest BCUT2D eigenvalue weighted by Gasteiger charge is -2.00. The van der Waals surface area contributed by atoms with Gasteiger partial charge in [-0.15, -0.1) is 0 Å². The second kappa shape index (κ2) is 4.37. The number of carboxylic acid groups (broad SMARTS) is 1. The number of para-hydroxylation sites is 1. The molecule has 1 aromatic carbocycles. The van der Waals surface area contributed by atoms with Gasteiger partial charge in [-0.3, -0.25) is 0 Å². The topological polar surface area (TPSA) is 65.1 Å². The van der Waals surface area contributed by atoms with Crippen LogP contribution in [-0.2, 0) is 6.54 Å². The molecule has 4 heteroatoms. The van der Waals surface area contributed by atoms with E-state index in [4.69, 9.17) is 5.11 Å². The lowest BCUT2D eigenvalue weighted by molar-refractivity contribution is 0.0699. The zero-order chi connectivity index (χ0) is 11.5. The number of hydrogen-bond donors (Lipinski definition) is 3. The number of nitrogens with one attached hydrogen (secondary N) is 2. The van der Waals surface area contributed by atoms with Gasteiger partial charge in [-0.05, 0) is 18.2 Å². The summed E-state index contributed by atoms with van der Waals surface area (Å²) >= 11 is 0. The summed E-state index contributed by atoms with van der Waals surface area (Å²) in [6, 6.07) is 5.32. The summed E-state index contributed by atoms with van der Waals surface area (Å²) in [6.45, 7) is 3.68. The van der Waals surface area contributed by atoms with Crippen LogP contribution in [0.2, 0.25) is 0 Å². The average molecular weight is 218 g/mol. The molecule has 3 N–H and O–H groups in total. The number of benzene rings is 1. The Morgan fingerprint density at radius 2 is 2.31 bits per heavy atom. The zero-order valence-corrected chi connectivity index (χ0v) is 9.08. The zero-order valence-electron chi connectivity index (χ0n) is 9.08. The van der Waals surface area contributed by atoms with E-state index in [1.54, 1.807) is 12.1 Å². The third kappa shape index (κ3) is 1.79. The fraction of sp³-hybridized carbons (Fsp3) is 0.250. The Kier molecular flexibility index (Phi) is 2.92. The number of carboxylic acids is 1. The van der Waals surface area contributed by atoms with Crippen LogP contribution < -0.4 is 5.32 Å². The summed E-state index contributed by atoms with van der Waals surface area (Å²) in [5.74, 6) is -0.901. The van der Waals surface area contributed by atoms with Gasteiger partial charge in [0.05, 0.1) is 11.1 Å². The Labute approximate surface area is 93.3 Å². The van der Waals surface area contributed by atoms with E-state index in [1.165, 1.54) is 0 Å². The molecule has 0 atom stereocenters. The van der Waals surface area contributed by atoms with Crippen LogP contribution in [0.15, 0.2) is 24.4 Å². The van der Waals surface area contributed by atoms with Crippen molar-refractivity contribution in [2.24, 2.45) is 0 Å². The minimum Gasteiger partial charge on any atom is -0.478 e. The molecule has 0 saturated heterocycles. The molecule has 0 unspecified atom stereocenters. The molecule has 0 radical (unpaired) electrons. The molecule has 1 aromatic heterocycles. The largest absolute Gasteiger partial charge is 0.478 e. The predicted octanol–water partition coefficient (Wildman–Crippen LogP) is 1.98. The lowest BCUT2D eigenvalue weighted by atomic mass is 10.1. The number of rotatable bonds is 4. The van der Waals surface area contributed by atoms with Crippen LogP contribution in [0, 0.1) is 0 Å². The first-order valence-corrected chi connectivity index (χ1v) is 5.27. The molecule has 0 bridgehead atoms. The maximum atomic E-state index is 11.0. The Bertz CT molecular complexity index is 517. The highest BCUT2D eigenvalue weighted by molar-refractivity contribution is 6.02. The number of aromatic carboxylic acids is 1. The molecule has 0 fully saturated rings. The number of H-pyrrole nitrogens is 1. The first-order valence-electron chi connectivity index (χ1n) is 5.27. The van der Waals surface area contributed by atoms with Crippen LogP contribution >= 0.6 is 0 Å².